The second kappa shape index (κ2) is 6.63. The monoisotopic (exact) mass is 324 g/mol. The minimum Gasteiger partial charge on any atom is -0.325 e. The zero-order valence-electron chi connectivity index (χ0n) is 14.5. The van der Waals surface area contributed by atoms with Crippen LogP contribution in [0.2, 0.25) is 0 Å². The van der Waals surface area contributed by atoms with Crippen LogP contribution >= 0.6 is 0 Å². The molecule has 2 aromatic rings. The Morgan fingerprint density at radius 3 is 2.62 bits per heavy atom. The van der Waals surface area contributed by atoms with Crippen molar-refractivity contribution in [1.29, 1.82) is 0 Å². The summed E-state index contributed by atoms with van der Waals surface area (Å²) in [7, 11) is 0. The number of H-pyrrole nitrogens is 1. The fraction of sp³-hybridized carbons (Fsp3) is 0.400. The summed E-state index contributed by atoms with van der Waals surface area (Å²) in [6.07, 6.45) is 2.87. The van der Waals surface area contributed by atoms with Gasteiger partial charge >= 0.3 is 0 Å². The van der Waals surface area contributed by atoms with Crippen LogP contribution in [0, 0.1) is 5.92 Å². The number of carbonyl (C=O) groups excluding carboxylic acids is 1. The molecule has 1 aliphatic carbocycles. The first-order chi connectivity index (χ1) is 11.4. The molecule has 0 radical (unpaired) electrons. The molecule has 1 aliphatic rings. The van der Waals surface area contributed by atoms with E-state index in [-0.39, 0.29) is 17.0 Å². The van der Waals surface area contributed by atoms with Gasteiger partial charge in [-0.05, 0) is 60.4 Å². The summed E-state index contributed by atoms with van der Waals surface area (Å²) in [6, 6.07) is 9.52. The van der Waals surface area contributed by atoms with Crippen molar-refractivity contribution >= 4 is 11.6 Å². The number of aromatic nitrogens is 1. The van der Waals surface area contributed by atoms with Gasteiger partial charge in [-0.25, -0.2) is 0 Å². The van der Waals surface area contributed by atoms with Gasteiger partial charge in [-0.15, -0.1) is 0 Å². The summed E-state index contributed by atoms with van der Waals surface area (Å²) < 4.78 is 0. The standard InChI is InChI=1S/C20H24N2O2/c1-12(2)14-5-7-16(8-6-14)21-19(23)17-11-15-10-13(3)4-9-18(15)22-20(17)24/h5-8,11-13H,4,9-10H2,1-3H3,(H,21,23)(H,22,24). The summed E-state index contributed by atoms with van der Waals surface area (Å²) in [4.78, 5) is 27.6. The SMILES string of the molecule is CC1CCc2[nH]c(=O)c(C(=O)Nc3ccc(C(C)C)cc3)cc2C1. The summed E-state index contributed by atoms with van der Waals surface area (Å²) in [5, 5.41) is 2.82. The molecule has 24 heavy (non-hydrogen) atoms. The van der Waals surface area contributed by atoms with E-state index >= 15 is 0 Å². The molecule has 1 aromatic carbocycles. The third-order valence-corrected chi connectivity index (χ3v) is 4.75. The number of aromatic amines is 1. The molecule has 0 aliphatic heterocycles. The van der Waals surface area contributed by atoms with Crippen LogP contribution in [0.3, 0.4) is 0 Å². The Morgan fingerprint density at radius 2 is 1.96 bits per heavy atom. The Bertz CT molecular complexity index is 803. The number of fused-ring (bicyclic) bond motifs is 1. The number of amides is 1. The Hall–Kier alpha value is -2.36. The number of carbonyl (C=O) groups is 1. The molecule has 0 fully saturated rings. The van der Waals surface area contributed by atoms with E-state index in [1.54, 1.807) is 6.07 Å². The van der Waals surface area contributed by atoms with Gasteiger partial charge in [0.05, 0.1) is 0 Å². The lowest BCUT2D eigenvalue weighted by molar-refractivity contribution is 0.102. The maximum absolute atomic E-state index is 12.5. The second-order valence-electron chi connectivity index (χ2n) is 7.09. The van der Waals surface area contributed by atoms with Crippen LogP contribution in [0.4, 0.5) is 5.69 Å². The first-order valence-corrected chi connectivity index (χ1v) is 8.60. The van der Waals surface area contributed by atoms with Gasteiger partial charge in [0.15, 0.2) is 0 Å². The molecule has 1 amide bonds. The first-order valence-electron chi connectivity index (χ1n) is 8.60. The van der Waals surface area contributed by atoms with E-state index in [4.69, 9.17) is 0 Å². The number of aryl methyl sites for hydroxylation is 1. The van der Waals surface area contributed by atoms with Crippen LogP contribution in [0.25, 0.3) is 0 Å². The van der Waals surface area contributed by atoms with Crippen molar-refractivity contribution < 1.29 is 4.79 Å². The molecule has 2 N–H and O–H groups in total. The van der Waals surface area contributed by atoms with E-state index in [2.05, 4.69) is 31.1 Å². The van der Waals surface area contributed by atoms with E-state index in [9.17, 15) is 9.59 Å². The summed E-state index contributed by atoms with van der Waals surface area (Å²) in [5.41, 5.74) is 3.88. The van der Waals surface area contributed by atoms with Gasteiger partial charge in [-0.2, -0.15) is 0 Å². The zero-order chi connectivity index (χ0) is 17.3. The van der Waals surface area contributed by atoms with Crippen LogP contribution in [0.1, 0.15) is 60.3 Å². The van der Waals surface area contributed by atoms with Gasteiger partial charge in [-0.3, -0.25) is 9.59 Å². The molecule has 1 heterocycles. The molecule has 4 nitrogen and oxygen atoms in total. The predicted octanol–water partition coefficient (Wildman–Crippen LogP) is 3.88. The zero-order valence-corrected chi connectivity index (χ0v) is 14.5. The second-order valence-corrected chi connectivity index (χ2v) is 7.09. The topological polar surface area (TPSA) is 62.0 Å². The van der Waals surface area contributed by atoms with Crippen molar-refractivity contribution in [2.75, 3.05) is 5.32 Å². The fourth-order valence-corrected chi connectivity index (χ4v) is 3.20. The largest absolute Gasteiger partial charge is 0.325 e. The van der Waals surface area contributed by atoms with Crippen molar-refractivity contribution in [3.8, 4) is 0 Å². The van der Waals surface area contributed by atoms with Crippen molar-refractivity contribution in [1.82, 2.24) is 4.98 Å². The summed E-state index contributed by atoms with van der Waals surface area (Å²) in [5.74, 6) is 0.678. The van der Waals surface area contributed by atoms with E-state index in [1.807, 2.05) is 24.3 Å². The van der Waals surface area contributed by atoms with E-state index in [1.165, 1.54) is 5.56 Å². The maximum atomic E-state index is 12.5. The van der Waals surface area contributed by atoms with Crippen LogP contribution < -0.4 is 10.9 Å². The molecule has 3 rings (SSSR count). The molecule has 0 saturated carbocycles. The number of pyridine rings is 1. The fourth-order valence-electron chi connectivity index (χ4n) is 3.20. The third-order valence-electron chi connectivity index (χ3n) is 4.75. The Morgan fingerprint density at radius 1 is 1.25 bits per heavy atom. The minimum atomic E-state index is -0.352. The lowest BCUT2D eigenvalue weighted by Crippen LogP contribution is -2.27. The Balaban J connectivity index is 1.82. The maximum Gasteiger partial charge on any atom is 0.261 e. The molecular weight excluding hydrogens is 300 g/mol. The first kappa shape index (κ1) is 16.5. The van der Waals surface area contributed by atoms with Crippen molar-refractivity contribution in [3.05, 3.63) is 63.1 Å². The highest BCUT2D eigenvalue weighted by atomic mass is 16.2. The van der Waals surface area contributed by atoms with E-state index in [0.29, 0.717) is 17.5 Å². The van der Waals surface area contributed by atoms with Crippen LogP contribution in [-0.4, -0.2) is 10.9 Å². The number of nitrogens with one attached hydrogen (secondary N) is 2. The number of anilines is 1. The summed E-state index contributed by atoms with van der Waals surface area (Å²) >= 11 is 0. The summed E-state index contributed by atoms with van der Waals surface area (Å²) in [6.45, 7) is 6.45. The highest BCUT2D eigenvalue weighted by molar-refractivity contribution is 6.04. The lowest BCUT2D eigenvalue weighted by Gasteiger charge is -2.21. The molecule has 1 atom stereocenters. The molecule has 0 spiro atoms. The van der Waals surface area contributed by atoms with Gasteiger partial charge < -0.3 is 10.3 Å². The molecule has 0 saturated heterocycles. The average Bonchev–Trinajstić information content (AvgIpc) is 2.55. The van der Waals surface area contributed by atoms with Crippen LogP contribution in [0.5, 0.6) is 0 Å². The van der Waals surface area contributed by atoms with E-state index < -0.39 is 0 Å². The van der Waals surface area contributed by atoms with Gasteiger partial charge in [0.25, 0.3) is 11.5 Å². The predicted molar refractivity (Wildman–Crippen MR) is 96.7 cm³/mol. The number of rotatable bonds is 3. The highest BCUT2D eigenvalue weighted by Crippen LogP contribution is 2.23. The Labute approximate surface area is 142 Å². The van der Waals surface area contributed by atoms with Crippen molar-refractivity contribution in [2.45, 2.75) is 46.0 Å². The number of hydrogen-bond acceptors (Lipinski definition) is 2. The van der Waals surface area contributed by atoms with Gasteiger partial charge in [0, 0.05) is 11.4 Å². The van der Waals surface area contributed by atoms with Crippen molar-refractivity contribution in [3.63, 3.8) is 0 Å². The molecule has 1 aromatic heterocycles. The van der Waals surface area contributed by atoms with Gasteiger partial charge in [-0.1, -0.05) is 32.9 Å². The average molecular weight is 324 g/mol. The number of benzene rings is 1. The van der Waals surface area contributed by atoms with Gasteiger partial charge in [0.2, 0.25) is 0 Å². The van der Waals surface area contributed by atoms with Crippen LogP contribution in [0.15, 0.2) is 35.1 Å². The van der Waals surface area contributed by atoms with E-state index in [0.717, 1.165) is 30.5 Å². The number of hydrogen-bond donors (Lipinski definition) is 2. The minimum absolute atomic E-state index is 0.191. The molecule has 126 valence electrons. The van der Waals surface area contributed by atoms with Gasteiger partial charge in [0.1, 0.15) is 5.56 Å². The third kappa shape index (κ3) is 3.42. The molecule has 0 bridgehead atoms. The molecular formula is C20H24N2O2. The quantitative estimate of drug-likeness (QED) is 0.900. The Kier molecular flexibility index (Phi) is 4.56. The molecule has 4 heteroatoms. The van der Waals surface area contributed by atoms with Crippen molar-refractivity contribution in [2.24, 2.45) is 5.92 Å². The van der Waals surface area contributed by atoms with Crippen LogP contribution in [-0.2, 0) is 12.8 Å². The normalized spacial score (nSPS) is 16.8. The smallest absolute Gasteiger partial charge is 0.261 e. The molecule has 1 unspecified atom stereocenters. The highest BCUT2D eigenvalue weighted by Gasteiger charge is 2.20. The lowest BCUT2D eigenvalue weighted by atomic mass is 9.87.